The maximum atomic E-state index is 13.0. The lowest BCUT2D eigenvalue weighted by atomic mass is 9.68. The second-order valence-corrected chi connectivity index (χ2v) is 5.51. The number of benzene rings is 1. The Kier molecular flexibility index (Phi) is 5.55. The SMILES string of the molecule is C=CCOC(=O)[C@]1(CCCN=[N+]=[N-])CCc2ccccc2C1=O. The van der Waals surface area contributed by atoms with Gasteiger partial charge in [-0.15, -0.1) is 0 Å². The molecule has 23 heavy (non-hydrogen) atoms. The number of nitrogens with zero attached hydrogens (tertiary/aromatic N) is 3. The highest BCUT2D eigenvalue weighted by molar-refractivity contribution is 6.14. The summed E-state index contributed by atoms with van der Waals surface area (Å²) in [7, 11) is 0. The van der Waals surface area contributed by atoms with E-state index in [4.69, 9.17) is 10.3 Å². The smallest absolute Gasteiger partial charge is 0.320 e. The summed E-state index contributed by atoms with van der Waals surface area (Å²) < 4.78 is 5.20. The fraction of sp³-hybridized carbons (Fsp3) is 0.412. The Morgan fingerprint density at radius 2 is 2.26 bits per heavy atom. The second kappa shape index (κ2) is 7.61. The van der Waals surface area contributed by atoms with Gasteiger partial charge in [-0.25, -0.2) is 0 Å². The molecule has 0 spiro atoms. The summed E-state index contributed by atoms with van der Waals surface area (Å²) in [6.07, 6.45) is 3.31. The van der Waals surface area contributed by atoms with Crippen LogP contribution >= 0.6 is 0 Å². The van der Waals surface area contributed by atoms with Crippen LogP contribution < -0.4 is 0 Å². The van der Waals surface area contributed by atoms with Crippen molar-refractivity contribution in [2.45, 2.75) is 25.7 Å². The van der Waals surface area contributed by atoms with Crippen LogP contribution in [-0.4, -0.2) is 24.9 Å². The third-order valence-corrected chi connectivity index (χ3v) is 4.17. The summed E-state index contributed by atoms with van der Waals surface area (Å²) in [5.74, 6) is -0.716. The zero-order chi connectivity index (χ0) is 16.7. The van der Waals surface area contributed by atoms with Gasteiger partial charge in [-0.05, 0) is 36.8 Å². The molecule has 1 atom stereocenters. The molecule has 120 valence electrons. The average molecular weight is 313 g/mol. The topological polar surface area (TPSA) is 92.1 Å². The van der Waals surface area contributed by atoms with E-state index in [0.29, 0.717) is 31.2 Å². The van der Waals surface area contributed by atoms with E-state index >= 15 is 0 Å². The first-order valence-corrected chi connectivity index (χ1v) is 7.57. The Morgan fingerprint density at radius 1 is 1.48 bits per heavy atom. The lowest BCUT2D eigenvalue weighted by Crippen LogP contribution is -2.44. The van der Waals surface area contributed by atoms with Crippen molar-refractivity contribution in [2.24, 2.45) is 10.5 Å². The molecule has 0 saturated heterocycles. The number of rotatable bonds is 7. The number of aryl methyl sites for hydroxylation is 1. The maximum Gasteiger partial charge on any atom is 0.320 e. The molecule has 0 radical (unpaired) electrons. The molecule has 0 unspecified atom stereocenters. The van der Waals surface area contributed by atoms with Crippen LogP contribution in [0.2, 0.25) is 0 Å². The standard InChI is InChI=1S/C17H19N3O3/c1-2-12-23-16(22)17(9-5-11-19-20-18)10-8-13-6-3-4-7-14(13)15(17)21/h2-4,6-7H,1,5,8-12H2/t17-/m1/s1. The van der Waals surface area contributed by atoms with Crippen molar-refractivity contribution in [1.29, 1.82) is 0 Å². The fourth-order valence-corrected chi connectivity index (χ4v) is 2.98. The zero-order valence-electron chi connectivity index (χ0n) is 12.9. The predicted molar refractivity (Wildman–Crippen MR) is 85.9 cm³/mol. The number of hydrogen-bond donors (Lipinski definition) is 0. The van der Waals surface area contributed by atoms with E-state index < -0.39 is 11.4 Å². The van der Waals surface area contributed by atoms with Crippen molar-refractivity contribution in [3.8, 4) is 0 Å². The molecule has 2 rings (SSSR count). The quantitative estimate of drug-likeness (QED) is 0.146. The van der Waals surface area contributed by atoms with Crippen LogP contribution in [0.25, 0.3) is 10.4 Å². The maximum absolute atomic E-state index is 13.0. The van der Waals surface area contributed by atoms with E-state index in [1.807, 2.05) is 12.1 Å². The molecular weight excluding hydrogens is 294 g/mol. The number of hydrogen-bond acceptors (Lipinski definition) is 4. The number of azide groups is 1. The fourth-order valence-electron chi connectivity index (χ4n) is 2.98. The minimum atomic E-state index is -1.19. The van der Waals surface area contributed by atoms with Gasteiger partial charge in [0, 0.05) is 17.0 Å². The van der Waals surface area contributed by atoms with E-state index in [2.05, 4.69) is 16.6 Å². The van der Waals surface area contributed by atoms with Crippen LogP contribution in [0.5, 0.6) is 0 Å². The molecule has 0 aromatic heterocycles. The molecule has 0 bridgehead atoms. The van der Waals surface area contributed by atoms with Crippen LogP contribution in [0.15, 0.2) is 42.0 Å². The van der Waals surface area contributed by atoms with Crippen LogP contribution in [0.4, 0.5) is 0 Å². The molecule has 1 aromatic rings. The number of ether oxygens (including phenoxy) is 1. The Hall–Kier alpha value is -2.59. The normalized spacial score (nSPS) is 19.4. The Morgan fingerprint density at radius 3 is 3.00 bits per heavy atom. The number of carbonyl (C=O) groups excluding carboxylic acids is 2. The molecule has 6 nitrogen and oxygen atoms in total. The summed E-state index contributed by atoms with van der Waals surface area (Å²) >= 11 is 0. The molecule has 0 N–H and O–H groups in total. The van der Waals surface area contributed by atoms with Crippen molar-refractivity contribution in [3.63, 3.8) is 0 Å². The van der Waals surface area contributed by atoms with Gasteiger partial charge < -0.3 is 4.74 Å². The summed E-state index contributed by atoms with van der Waals surface area (Å²) in [6.45, 7) is 3.85. The largest absolute Gasteiger partial charge is 0.461 e. The Labute approximate surface area is 134 Å². The van der Waals surface area contributed by atoms with Gasteiger partial charge in [0.05, 0.1) is 0 Å². The van der Waals surface area contributed by atoms with Crippen molar-refractivity contribution >= 4 is 11.8 Å². The number of ketones is 1. The monoisotopic (exact) mass is 313 g/mol. The van der Waals surface area contributed by atoms with Gasteiger partial charge >= 0.3 is 5.97 Å². The van der Waals surface area contributed by atoms with Gasteiger partial charge in [-0.3, -0.25) is 9.59 Å². The van der Waals surface area contributed by atoms with Crippen molar-refractivity contribution < 1.29 is 14.3 Å². The summed E-state index contributed by atoms with van der Waals surface area (Å²) in [4.78, 5) is 28.2. The highest BCUT2D eigenvalue weighted by atomic mass is 16.5. The Bertz CT molecular complexity index is 665. The summed E-state index contributed by atoms with van der Waals surface area (Å²) in [5, 5.41) is 3.48. The van der Waals surface area contributed by atoms with Crippen LogP contribution in [0, 0.1) is 5.41 Å². The van der Waals surface area contributed by atoms with Crippen molar-refractivity contribution in [2.75, 3.05) is 13.2 Å². The second-order valence-electron chi connectivity index (χ2n) is 5.51. The van der Waals surface area contributed by atoms with Crippen LogP contribution in [-0.2, 0) is 16.0 Å². The summed E-state index contributed by atoms with van der Waals surface area (Å²) in [6, 6.07) is 7.34. The van der Waals surface area contributed by atoms with Gasteiger partial charge in [0.15, 0.2) is 5.78 Å². The van der Waals surface area contributed by atoms with Gasteiger partial charge in [0.2, 0.25) is 0 Å². The molecule has 6 heteroatoms. The van der Waals surface area contributed by atoms with E-state index in [0.717, 1.165) is 5.56 Å². The lowest BCUT2D eigenvalue weighted by molar-refractivity contribution is -0.152. The van der Waals surface area contributed by atoms with E-state index in [9.17, 15) is 9.59 Å². The number of fused-ring (bicyclic) bond motifs is 1. The highest BCUT2D eigenvalue weighted by Crippen LogP contribution is 2.40. The molecule has 0 heterocycles. The zero-order valence-corrected chi connectivity index (χ0v) is 12.9. The van der Waals surface area contributed by atoms with Crippen LogP contribution in [0.1, 0.15) is 35.2 Å². The first-order valence-electron chi connectivity index (χ1n) is 7.57. The minimum absolute atomic E-state index is 0.0753. The van der Waals surface area contributed by atoms with Crippen LogP contribution in [0.3, 0.4) is 0 Å². The lowest BCUT2D eigenvalue weighted by Gasteiger charge is -2.34. The summed E-state index contributed by atoms with van der Waals surface area (Å²) in [5.41, 5.74) is 8.71. The van der Waals surface area contributed by atoms with Gasteiger partial charge in [0.25, 0.3) is 0 Å². The molecule has 1 aromatic carbocycles. The van der Waals surface area contributed by atoms with E-state index in [1.54, 1.807) is 12.1 Å². The number of esters is 1. The molecule has 0 amide bonds. The van der Waals surface area contributed by atoms with Crippen molar-refractivity contribution in [3.05, 3.63) is 58.5 Å². The molecule has 1 aliphatic rings. The third kappa shape index (κ3) is 3.43. The third-order valence-electron chi connectivity index (χ3n) is 4.17. The number of Topliss-reactive ketones (excluding diaryl/α,β-unsaturated/α-hetero) is 1. The molecule has 0 aliphatic heterocycles. The van der Waals surface area contributed by atoms with Gasteiger partial charge in [-0.2, -0.15) is 0 Å². The molecule has 1 aliphatic carbocycles. The predicted octanol–water partition coefficient (Wildman–Crippen LogP) is 3.62. The Balaban J connectivity index is 2.30. The van der Waals surface area contributed by atoms with Crippen molar-refractivity contribution in [1.82, 2.24) is 0 Å². The highest BCUT2D eigenvalue weighted by Gasteiger charge is 2.49. The number of carbonyl (C=O) groups is 2. The minimum Gasteiger partial charge on any atom is -0.461 e. The van der Waals surface area contributed by atoms with Gasteiger partial charge in [0.1, 0.15) is 12.0 Å². The first-order chi connectivity index (χ1) is 11.2. The first kappa shape index (κ1) is 16.8. The molecule has 0 saturated carbocycles. The molecule has 0 fully saturated rings. The van der Waals surface area contributed by atoms with E-state index in [-0.39, 0.29) is 18.9 Å². The van der Waals surface area contributed by atoms with Gasteiger partial charge in [-0.1, -0.05) is 42.0 Å². The van der Waals surface area contributed by atoms with E-state index in [1.165, 1.54) is 6.08 Å². The average Bonchev–Trinajstić information content (AvgIpc) is 2.58. The molecular formula is C17H19N3O3.